The Morgan fingerprint density at radius 2 is 1.60 bits per heavy atom. The predicted octanol–water partition coefficient (Wildman–Crippen LogP) is 2.88. The molecule has 1 fully saturated rings. The molecule has 0 aliphatic carbocycles. The predicted molar refractivity (Wildman–Crippen MR) is 96.8 cm³/mol. The van der Waals surface area contributed by atoms with Gasteiger partial charge in [0, 0.05) is 30.4 Å². The summed E-state index contributed by atoms with van der Waals surface area (Å²) in [4.78, 5) is 28.2. The smallest absolute Gasteiger partial charge is 0.305 e. The van der Waals surface area contributed by atoms with Crippen LogP contribution in [0.25, 0.3) is 0 Å². The van der Waals surface area contributed by atoms with Gasteiger partial charge in [0.2, 0.25) is 0 Å². The lowest BCUT2D eigenvalue weighted by Gasteiger charge is -2.47. The van der Waals surface area contributed by atoms with Gasteiger partial charge in [-0.05, 0) is 31.2 Å². The van der Waals surface area contributed by atoms with Crippen LogP contribution in [0.1, 0.15) is 23.7 Å². The van der Waals surface area contributed by atoms with E-state index in [1.165, 1.54) is 0 Å². The van der Waals surface area contributed by atoms with E-state index in [9.17, 15) is 14.7 Å². The van der Waals surface area contributed by atoms with Crippen LogP contribution in [0.15, 0.2) is 60.7 Å². The van der Waals surface area contributed by atoms with Crippen LogP contribution in [-0.4, -0.2) is 47.1 Å². The maximum Gasteiger partial charge on any atom is 0.305 e. The monoisotopic (exact) mass is 338 g/mol. The summed E-state index contributed by atoms with van der Waals surface area (Å²) in [7, 11) is 0. The zero-order valence-electron chi connectivity index (χ0n) is 14.2. The molecule has 0 radical (unpaired) electrons. The summed E-state index contributed by atoms with van der Waals surface area (Å²) < 4.78 is 0. The van der Waals surface area contributed by atoms with E-state index in [2.05, 4.69) is 4.90 Å². The van der Waals surface area contributed by atoms with Gasteiger partial charge in [-0.25, -0.2) is 0 Å². The first-order valence-corrected chi connectivity index (χ1v) is 8.47. The zero-order chi connectivity index (χ0) is 17.8. The van der Waals surface area contributed by atoms with Crippen LogP contribution in [0.3, 0.4) is 0 Å². The molecule has 25 heavy (non-hydrogen) atoms. The van der Waals surface area contributed by atoms with Crippen molar-refractivity contribution in [2.75, 3.05) is 18.0 Å². The normalized spacial score (nSPS) is 20.4. The molecule has 0 bridgehead atoms. The molecule has 1 amide bonds. The van der Waals surface area contributed by atoms with E-state index in [4.69, 9.17) is 0 Å². The molecule has 130 valence electrons. The van der Waals surface area contributed by atoms with E-state index in [0.29, 0.717) is 18.7 Å². The number of amides is 1. The number of carbonyl (C=O) groups excluding carboxylic acids is 1. The van der Waals surface area contributed by atoms with Gasteiger partial charge in [0.05, 0.1) is 12.5 Å². The Kier molecular flexibility index (Phi) is 5.03. The van der Waals surface area contributed by atoms with Crippen molar-refractivity contribution >= 4 is 17.6 Å². The fourth-order valence-electron chi connectivity index (χ4n) is 3.50. The van der Waals surface area contributed by atoms with Crippen LogP contribution in [0.4, 0.5) is 5.69 Å². The van der Waals surface area contributed by atoms with E-state index in [1.54, 1.807) is 17.0 Å². The number of nitrogens with zero attached hydrogens (tertiary/aromatic N) is 2. The van der Waals surface area contributed by atoms with Gasteiger partial charge >= 0.3 is 5.97 Å². The van der Waals surface area contributed by atoms with Gasteiger partial charge < -0.3 is 14.9 Å². The summed E-state index contributed by atoms with van der Waals surface area (Å²) in [5, 5.41) is 9.35. The molecule has 1 heterocycles. The minimum Gasteiger partial charge on any atom is -0.481 e. The van der Waals surface area contributed by atoms with E-state index >= 15 is 0 Å². The first-order chi connectivity index (χ1) is 12.1. The van der Waals surface area contributed by atoms with E-state index < -0.39 is 5.97 Å². The number of anilines is 1. The number of hydrogen-bond acceptors (Lipinski definition) is 3. The second-order valence-corrected chi connectivity index (χ2v) is 6.30. The lowest BCUT2D eigenvalue weighted by molar-refractivity contribution is -0.138. The molecule has 1 aliphatic heterocycles. The quantitative estimate of drug-likeness (QED) is 0.931. The van der Waals surface area contributed by atoms with Crippen LogP contribution in [0.2, 0.25) is 0 Å². The third-order valence-corrected chi connectivity index (χ3v) is 4.78. The van der Waals surface area contributed by atoms with Crippen LogP contribution < -0.4 is 4.90 Å². The molecule has 0 saturated carbocycles. The molecule has 1 aliphatic rings. The van der Waals surface area contributed by atoms with Crippen molar-refractivity contribution in [1.82, 2.24) is 4.90 Å². The zero-order valence-corrected chi connectivity index (χ0v) is 14.2. The van der Waals surface area contributed by atoms with Crippen molar-refractivity contribution in [3.63, 3.8) is 0 Å². The Bertz CT molecular complexity index is 733. The Labute approximate surface area is 147 Å². The van der Waals surface area contributed by atoms with Crippen molar-refractivity contribution in [3.8, 4) is 0 Å². The van der Waals surface area contributed by atoms with Crippen LogP contribution in [0.5, 0.6) is 0 Å². The third-order valence-electron chi connectivity index (χ3n) is 4.78. The minimum absolute atomic E-state index is 0.0664. The average Bonchev–Trinajstić information content (AvgIpc) is 2.64. The fourth-order valence-corrected chi connectivity index (χ4v) is 3.50. The topological polar surface area (TPSA) is 60.9 Å². The highest BCUT2D eigenvalue weighted by Crippen LogP contribution is 2.27. The number of aliphatic carboxylic acids is 1. The molecular weight excluding hydrogens is 316 g/mol. The third kappa shape index (κ3) is 3.65. The molecule has 1 saturated heterocycles. The molecule has 3 rings (SSSR count). The summed E-state index contributed by atoms with van der Waals surface area (Å²) in [6, 6.07) is 18.5. The van der Waals surface area contributed by atoms with Crippen LogP contribution in [-0.2, 0) is 4.79 Å². The SMILES string of the molecule is C[C@H]1[C@H](CC(=O)O)N(C(=O)c2ccccc2)CCN1c1ccccc1. The number of para-hydroxylation sites is 1. The molecule has 2 aromatic rings. The highest BCUT2D eigenvalue weighted by Gasteiger charge is 2.37. The molecule has 0 unspecified atom stereocenters. The second-order valence-electron chi connectivity index (χ2n) is 6.30. The number of hydrogen-bond donors (Lipinski definition) is 1. The second kappa shape index (κ2) is 7.38. The standard InChI is InChI=1S/C20H22N2O3/c1-15-18(14-19(23)24)22(20(25)16-8-4-2-5-9-16)13-12-21(15)17-10-6-3-7-11-17/h2-11,15,18H,12-14H2,1H3,(H,23,24)/t15-,18-/m0/s1. The Morgan fingerprint density at radius 1 is 1.00 bits per heavy atom. The van der Waals surface area contributed by atoms with Crippen LogP contribution in [0, 0.1) is 0 Å². The molecule has 5 nitrogen and oxygen atoms in total. The largest absolute Gasteiger partial charge is 0.481 e. The van der Waals surface area contributed by atoms with E-state index in [-0.39, 0.29) is 24.4 Å². The highest BCUT2D eigenvalue weighted by molar-refractivity contribution is 5.95. The molecule has 5 heteroatoms. The molecule has 2 atom stereocenters. The highest BCUT2D eigenvalue weighted by atomic mass is 16.4. The number of carbonyl (C=O) groups is 2. The van der Waals surface area contributed by atoms with Gasteiger partial charge in [0.15, 0.2) is 0 Å². The van der Waals surface area contributed by atoms with Gasteiger partial charge in [0.1, 0.15) is 0 Å². The summed E-state index contributed by atoms with van der Waals surface area (Å²) >= 11 is 0. The van der Waals surface area contributed by atoms with Gasteiger partial charge in [-0.15, -0.1) is 0 Å². The van der Waals surface area contributed by atoms with Crippen LogP contribution >= 0.6 is 0 Å². The summed E-state index contributed by atoms with van der Waals surface area (Å²) in [6.07, 6.45) is -0.0664. The molecule has 2 aromatic carbocycles. The number of carboxylic acid groups (broad SMARTS) is 1. The molecular formula is C20H22N2O3. The van der Waals surface area contributed by atoms with Crippen molar-refractivity contribution in [2.45, 2.75) is 25.4 Å². The lowest BCUT2D eigenvalue weighted by atomic mass is 9.97. The van der Waals surface area contributed by atoms with E-state index in [1.807, 2.05) is 55.5 Å². The van der Waals surface area contributed by atoms with Gasteiger partial charge in [-0.3, -0.25) is 9.59 Å². The average molecular weight is 338 g/mol. The first kappa shape index (κ1) is 17.0. The lowest BCUT2D eigenvalue weighted by Crippen LogP contribution is -2.60. The summed E-state index contributed by atoms with van der Waals surface area (Å²) in [6.45, 7) is 3.18. The molecule has 0 spiro atoms. The summed E-state index contributed by atoms with van der Waals surface area (Å²) in [5.41, 5.74) is 1.65. The minimum atomic E-state index is -0.891. The van der Waals surface area contributed by atoms with Gasteiger partial charge in [-0.2, -0.15) is 0 Å². The van der Waals surface area contributed by atoms with Crippen molar-refractivity contribution < 1.29 is 14.7 Å². The first-order valence-electron chi connectivity index (χ1n) is 8.47. The number of piperazine rings is 1. The van der Waals surface area contributed by atoms with E-state index in [0.717, 1.165) is 5.69 Å². The number of rotatable bonds is 4. The Hall–Kier alpha value is -2.82. The van der Waals surface area contributed by atoms with Gasteiger partial charge in [0.25, 0.3) is 5.91 Å². The summed E-state index contributed by atoms with van der Waals surface area (Å²) in [5.74, 6) is -0.996. The van der Waals surface area contributed by atoms with Gasteiger partial charge in [-0.1, -0.05) is 36.4 Å². The van der Waals surface area contributed by atoms with Crippen molar-refractivity contribution in [3.05, 3.63) is 66.2 Å². The number of benzene rings is 2. The fraction of sp³-hybridized carbons (Fsp3) is 0.300. The Balaban J connectivity index is 1.87. The van der Waals surface area contributed by atoms with Crippen molar-refractivity contribution in [2.24, 2.45) is 0 Å². The maximum absolute atomic E-state index is 12.9. The van der Waals surface area contributed by atoms with Crippen molar-refractivity contribution in [1.29, 1.82) is 0 Å². The Morgan fingerprint density at radius 3 is 2.20 bits per heavy atom. The number of carboxylic acids is 1. The maximum atomic E-state index is 12.9. The molecule has 0 aromatic heterocycles. The molecule has 1 N–H and O–H groups in total.